The second kappa shape index (κ2) is 11.6. The van der Waals surface area contributed by atoms with Gasteiger partial charge in [-0.3, -0.25) is 0 Å². The Kier molecular flexibility index (Phi) is 6.60. The lowest BCUT2D eigenvalue weighted by atomic mass is 9.82. The molecule has 0 atom stereocenters. The van der Waals surface area contributed by atoms with Gasteiger partial charge < -0.3 is 13.9 Å². The summed E-state index contributed by atoms with van der Waals surface area (Å²) < 4.78 is 9.32. The van der Waals surface area contributed by atoms with Crippen LogP contribution in [0.1, 0.15) is 25.0 Å². The van der Waals surface area contributed by atoms with E-state index in [2.05, 4.69) is 205 Å². The maximum absolute atomic E-state index is 6.88. The molecule has 3 nitrogen and oxygen atoms in total. The van der Waals surface area contributed by atoms with Gasteiger partial charge in [-0.25, -0.2) is 0 Å². The van der Waals surface area contributed by atoms with Crippen LogP contribution in [0.5, 0.6) is 0 Å². The van der Waals surface area contributed by atoms with Gasteiger partial charge in [-0.05, 0) is 70.8 Å². The second-order valence-electron chi connectivity index (χ2n) is 14.9. The molecule has 0 saturated heterocycles. The first-order chi connectivity index (χ1) is 26.6. The van der Waals surface area contributed by atoms with Gasteiger partial charge in [0.25, 0.3) is 0 Å². The number of hydrogen-bond donors (Lipinski definition) is 0. The van der Waals surface area contributed by atoms with Crippen molar-refractivity contribution in [3.63, 3.8) is 0 Å². The Morgan fingerprint density at radius 3 is 1.98 bits per heavy atom. The first kappa shape index (κ1) is 30.8. The van der Waals surface area contributed by atoms with E-state index in [4.69, 9.17) is 4.42 Å². The van der Waals surface area contributed by atoms with Crippen LogP contribution >= 0.6 is 0 Å². The predicted octanol–water partition coefficient (Wildman–Crippen LogP) is 14.1. The number of rotatable bonds is 5. The molecule has 0 aliphatic heterocycles. The summed E-state index contributed by atoms with van der Waals surface area (Å²) in [6.45, 7) is 4.71. The quantitative estimate of drug-likeness (QED) is 0.179. The third-order valence-corrected chi connectivity index (χ3v) is 11.6. The van der Waals surface area contributed by atoms with Crippen LogP contribution in [0.3, 0.4) is 0 Å². The zero-order valence-corrected chi connectivity index (χ0v) is 30.1. The number of hydrogen-bond acceptors (Lipinski definition) is 2. The number of aromatic nitrogens is 1. The SMILES string of the molecule is CC1(C)c2ccccc2-c2c(N(c3ccc(-c4ccccc4)c4oc5ccccc5c34)c3cccc4c5ccccc5n(-c5ccccc5)c34)cccc21. The van der Waals surface area contributed by atoms with Gasteiger partial charge in [0, 0.05) is 38.4 Å². The molecule has 1 aliphatic rings. The number of nitrogens with zero attached hydrogens (tertiary/aromatic N) is 2. The van der Waals surface area contributed by atoms with Crippen LogP contribution in [0.25, 0.3) is 71.7 Å². The van der Waals surface area contributed by atoms with E-state index in [9.17, 15) is 0 Å². The molecular formula is C51H36N2O. The van der Waals surface area contributed by atoms with Crippen LogP contribution in [0.15, 0.2) is 186 Å². The predicted molar refractivity (Wildman–Crippen MR) is 226 cm³/mol. The van der Waals surface area contributed by atoms with Gasteiger partial charge in [-0.2, -0.15) is 0 Å². The van der Waals surface area contributed by atoms with E-state index < -0.39 is 0 Å². The molecule has 8 aromatic carbocycles. The molecule has 0 saturated carbocycles. The fourth-order valence-electron chi connectivity index (χ4n) is 9.18. The summed E-state index contributed by atoms with van der Waals surface area (Å²) in [6, 6.07) is 65.8. The summed E-state index contributed by atoms with van der Waals surface area (Å²) in [6.07, 6.45) is 0. The fraction of sp³-hybridized carbons (Fsp3) is 0.0588. The molecule has 0 N–H and O–H groups in total. The van der Waals surface area contributed by atoms with Crippen LogP contribution in [0, 0.1) is 0 Å². The van der Waals surface area contributed by atoms with E-state index in [0.29, 0.717) is 0 Å². The molecule has 0 bridgehead atoms. The van der Waals surface area contributed by atoms with Gasteiger partial charge >= 0.3 is 0 Å². The van der Waals surface area contributed by atoms with Crippen molar-refractivity contribution in [1.29, 1.82) is 0 Å². The Morgan fingerprint density at radius 1 is 0.481 bits per heavy atom. The lowest BCUT2D eigenvalue weighted by molar-refractivity contribution is 0.660. The molecule has 0 amide bonds. The molecule has 11 rings (SSSR count). The Bertz CT molecular complexity index is 3080. The topological polar surface area (TPSA) is 21.3 Å². The number of benzene rings is 8. The summed E-state index contributed by atoms with van der Waals surface area (Å²) >= 11 is 0. The van der Waals surface area contributed by atoms with Crippen LogP contribution in [0.4, 0.5) is 17.1 Å². The minimum absolute atomic E-state index is 0.159. The highest BCUT2D eigenvalue weighted by Crippen LogP contribution is 2.56. The van der Waals surface area contributed by atoms with Gasteiger partial charge in [0.15, 0.2) is 0 Å². The summed E-state index contributed by atoms with van der Waals surface area (Å²) in [5.41, 5.74) is 15.8. The first-order valence-corrected chi connectivity index (χ1v) is 18.7. The minimum Gasteiger partial charge on any atom is -0.455 e. The fourth-order valence-corrected chi connectivity index (χ4v) is 9.18. The van der Waals surface area contributed by atoms with Crippen molar-refractivity contribution in [2.75, 3.05) is 4.90 Å². The highest BCUT2D eigenvalue weighted by atomic mass is 16.3. The third-order valence-electron chi connectivity index (χ3n) is 11.6. The average Bonchev–Trinajstić information content (AvgIpc) is 3.86. The van der Waals surface area contributed by atoms with Crippen molar-refractivity contribution in [1.82, 2.24) is 4.57 Å². The molecule has 10 aromatic rings. The molecule has 2 aromatic heterocycles. The van der Waals surface area contributed by atoms with Crippen molar-refractivity contribution in [2.45, 2.75) is 19.3 Å². The Hall–Kier alpha value is -6.84. The highest BCUT2D eigenvalue weighted by Gasteiger charge is 2.38. The molecule has 1 aliphatic carbocycles. The van der Waals surface area contributed by atoms with Crippen molar-refractivity contribution in [2.24, 2.45) is 0 Å². The van der Waals surface area contributed by atoms with E-state index in [0.717, 1.165) is 61.3 Å². The lowest BCUT2D eigenvalue weighted by Gasteiger charge is -2.30. The summed E-state index contributed by atoms with van der Waals surface area (Å²) in [7, 11) is 0. The Labute approximate surface area is 314 Å². The van der Waals surface area contributed by atoms with Crippen LogP contribution in [-0.2, 0) is 5.41 Å². The Morgan fingerprint density at radius 2 is 1.13 bits per heavy atom. The smallest absolute Gasteiger partial charge is 0.145 e. The summed E-state index contributed by atoms with van der Waals surface area (Å²) in [5, 5.41) is 4.62. The number of furan rings is 1. The first-order valence-electron chi connectivity index (χ1n) is 18.7. The van der Waals surface area contributed by atoms with Crippen molar-refractivity contribution >= 4 is 60.8 Å². The molecular weight excluding hydrogens is 657 g/mol. The van der Waals surface area contributed by atoms with E-state index in [1.165, 1.54) is 38.5 Å². The van der Waals surface area contributed by atoms with E-state index in [-0.39, 0.29) is 5.41 Å². The van der Waals surface area contributed by atoms with E-state index >= 15 is 0 Å². The largest absolute Gasteiger partial charge is 0.455 e. The maximum atomic E-state index is 6.88. The molecule has 54 heavy (non-hydrogen) atoms. The normalized spacial score (nSPS) is 13.1. The maximum Gasteiger partial charge on any atom is 0.145 e. The van der Waals surface area contributed by atoms with Gasteiger partial charge in [0.05, 0.1) is 33.5 Å². The number of fused-ring (bicyclic) bond motifs is 9. The van der Waals surface area contributed by atoms with Crippen molar-refractivity contribution in [3.05, 3.63) is 193 Å². The number of para-hydroxylation sites is 4. The summed E-state index contributed by atoms with van der Waals surface area (Å²) in [5.74, 6) is 0. The molecule has 2 heterocycles. The molecule has 0 fully saturated rings. The lowest BCUT2D eigenvalue weighted by Crippen LogP contribution is -2.16. The van der Waals surface area contributed by atoms with Crippen LogP contribution in [-0.4, -0.2) is 4.57 Å². The minimum atomic E-state index is -0.159. The number of anilines is 3. The van der Waals surface area contributed by atoms with Crippen molar-refractivity contribution in [3.8, 4) is 27.9 Å². The van der Waals surface area contributed by atoms with Gasteiger partial charge in [0.2, 0.25) is 0 Å². The monoisotopic (exact) mass is 692 g/mol. The average molecular weight is 693 g/mol. The van der Waals surface area contributed by atoms with Crippen molar-refractivity contribution < 1.29 is 4.42 Å². The van der Waals surface area contributed by atoms with E-state index in [1.54, 1.807) is 0 Å². The molecule has 256 valence electrons. The molecule has 0 unspecified atom stereocenters. The van der Waals surface area contributed by atoms with Crippen LogP contribution in [0.2, 0.25) is 0 Å². The zero-order valence-electron chi connectivity index (χ0n) is 30.1. The molecule has 0 radical (unpaired) electrons. The van der Waals surface area contributed by atoms with E-state index in [1.807, 2.05) is 0 Å². The second-order valence-corrected chi connectivity index (χ2v) is 14.9. The zero-order chi connectivity index (χ0) is 36.0. The van der Waals surface area contributed by atoms with Gasteiger partial charge in [0.1, 0.15) is 11.2 Å². The Balaban J connectivity index is 1.33. The van der Waals surface area contributed by atoms with Gasteiger partial charge in [-0.1, -0.05) is 147 Å². The third kappa shape index (κ3) is 4.30. The summed E-state index contributed by atoms with van der Waals surface area (Å²) in [4.78, 5) is 2.52. The van der Waals surface area contributed by atoms with Gasteiger partial charge in [-0.15, -0.1) is 0 Å². The highest BCUT2D eigenvalue weighted by molar-refractivity contribution is 6.20. The standard InChI is InChI=1S/C51H36N2O/c1-51(2)40-25-12-9-22-38(40)47-41(51)26-16-28-43(47)53(44-32-31-35(33-17-5-3-6-18-33)50-48(44)39-23-11-14-30-46(39)54-50)45-29-15-24-37-36-21-10-13-27-42(36)52(49(37)45)34-19-7-4-8-20-34/h3-32H,1-2H3. The molecule has 0 spiro atoms. The molecule has 3 heteroatoms. The van der Waals surface area contributed by atoms with Crippen LogP contribution < -0.4 is 4.90 Å².